The standard InChI is InChI=1S/C29H24N4/c1-5-13-24(14-6-1)22-33(27-19-11-4-12-20-27)31-29-21-28(25-15-7-2-8-16-25)32(23-30-29)26-17-9-3-10-18-26/h1-21,23H,22H2/b31-29-. The Balaban J connectivity index is 1.63. The highest BCUT2D eigenvalue weighted by Gasteiger charge is 2.09. The Morgan fingerprint density at radius 3 is 1.91 bits per heavy atom. The Kier molecular flexibility index (Phi) is 6.07. The van der Waals surface area contributed by atoms with Crippen LogP contribution in [0, 0.1) is 0 Å². The number of para-hydroxylation sites is 2. The molecule has 160 valence electrons. The van der Waals surface area contributed by atoms with E-state index >= 15 is 0 Å². The van der Waals surface area contributed by atoms with Crippen LogP contribution < -0.4 is 10.5 Å². The highest BCUT2D eigenvalue weighted by atomic mass is 15.5. The molecule has 0 unspecified atom stereocenters. The summed E-state index contributed by atoms with van der Waals surface area (Å²) >= 11 is 0. The van der Waals surface area contributed by atoms with E-state index in [4.69, 9.17) is 10.1 Å². The van der Waals surface area contributed by atoms with Gasteiger partial charge >= 0.3 is 0 Å². The average molecular weight is 429 g/mol. The summed E-state index contributed by atoms with van der Waals surface area (Å²) in [5, 5.41) is 6.95. The van der Waals surface area contributed by atoms with E-state index in [1.807, 2.05) is 78.1 Å². The van der Waals surface area contributed by atoms with Gasteiger partial charge in [0.25, 0.3) is 0 Å². The van der Waals surface area contributed by atoms with Crippen LogP contribution in [0.15, 0.2) is 139 Å². The monoisotopic (exact) mass is 428 g/mol. The quantitative estimate of drug-likeness (QED) is 0.308. The Morgan fingerprint density at radius 1 is 0.667 bits per heavy atom. The van der Waals surface area contributed by atoms with Crippen LogP contribution in [0.3, 0.4) is 0 Å². The third-order valence-electron chi connectivity index (χ3n) is 5.39. The second-order valence-electron chi connectivity index (χ2n) is 7.68. The lowest BCUT2D eigenvalue weighted by Crippen LogP contribution is -2.23. The molecule has 0 spiro atoms. The van der Waals surface area contributed by atoms with Gasteiger partial charge in [-0.1, -0.05) is 97.1 Å². The molecule has 0 fully saturated rings. The van der Waals surface area contributed by atoms with Gasteiger partial charge < -0.3 is 4.57 Å². The van der Waals surface area contributed by atoms with Crippen molar-refractivity contribution in [3.05, 3.63) is 145 Å². The summed E-state index contributed by atoms with van der Waals surface area (Å²) in [6.07, 6.45) is 1.85. The van der Waals surface area contributed by atoms with E-state index in [0.717, 1.165) is 22.6 Å². The second kappa shape index (κ2) is 9.79. The van der Waals surface area contributed by atoms with Gasteiger partial charge in [-0.05, 0) is 35.4 Å². The van der Waals surface area contributed by atoms with Gasteiger partial charge in [-0.25, -0.2) is 4.98 Å². The number of aromatic nitrogens is 2. The molecule has 4 aromatic carbocycles. The summed E-state index contributed by atoms with van der Waals surface area (Å²) in [7, 11) is 0. The van der Waals surface area contributed by atoms with Crippen molar-refractivity contribution in [1.29, 1.82) is 0 Å². The molecule has 0 aliphatic carbocycles. The Bertz CT molecular complexity index is 1360. The highest BCUT2D eigenvalue weighted by Crippen LogP contribution is 2.21. The molecule has 5 aromatic rings. The predicted octanol–water partition coefficient (Wildman–Crippen LogP) is 6.06. The van der Waals surface area contributed by atoms with Gasteiger partial charge in [0.15, 0.2) is 5.49 Å². The van der Waals surface area contributed by atoms with Crippen LogP contribution >= 0.6 is 0 Å². The van der Waals surface area contributed by atoms with E-state index in [-0.39, 0.29) is 0 Å². The van der Waals surface area contributed by atoms with Gasteiger partial charge in [-0.3, -0.25) is 5.01 Å². The van der Waals surface area contributed by atoms with Crippen molar-refractivity contribution in [1.82, 2.24) is 9.55 Å². The topological polar surface area (TPSA) is 33.4 Å². The maximum absolute atomic E-state index is 4.95. The molecule has 4 heteroatoms. The summed E-state index contributed by atoms with van der Waals surface area (Å²) in [6, 6.07) is 43.2. The van der Waals surface area contributed by atoms with Crippen molar-refractivity contribution < 1.29 is 0 Å². The van der Waals surface area contributed by atoms with Crippen molar-refractivity contribution in [2.24, 2.45) is 5.10 Å². The molecule has 0 aliphatic rings. The normalized spacial score (nSPS) is 11.3. The summed E-state index contributed by atoms with van der Waals surface area (Å²) < 4.78 is 2.10. The molecule has 0 atom stereocenters. The first-order valence-corrected chi connectivity index (χ1v) is 11.0. The third kappa shape index (κ3) is 4.91. The molecule has 1 aromatic heterocycles. The zero-order valence-corrected chi connectivity index (χ0v) is 18.2. The average Bonchev–Trinajstić information content (AvgIpc) is 2.90. The first kappa shape index (κ1) is 20.5. The SMILES string of the molecule is c1ccc(CN(/N=c2/cc(-c3ccccc3)n(-c3ccccc3)cn2)c2ccccc2)cc1. The number of hydrogen-bond acceptors (Lipinski definition) is 3. The fourth-order valence-corrected chi connectivity index (χ4v) is 3.75. The van der Waals surface area contributed by atoms with Gasteiger partial charge in [-0.15, -0.1) is 0 Å². The zero-order chi connectivity index (χ0) is 22.3. The predicted molar refractivity (Wildman–Crippen MR) is 134 cm³/mol. The number of benzene rings is 4. The van der Waals surface area contributed by atoms with Crippen LogP contribution in [0.25, 0.3) is 16.9 Å². The smallest absolute Gasteiger partial charge is 0.175 e. The van der Waals surface area contributed by atoms with Gasteiger partial charge in [0.2, 0.25) is 0 Å². The summed E-state index contributed by atoms with van der Waals surface area (Å²) in [6.45, 7) is 0.654. The lowest BCUT2D eigenvalue weighted by atomic mass is 10.1. The number of hydrogen-bond donors (Lipinski definition) is 0. The molecule has 0 saturated heterocycles. The largest absolute Gasteiger partial charge is 0.300 e. The molecule has 33 heavy (non-hydrogen) atoms. The molecule has 0 N–H and O–H groups in total. The minimum Gasteiger partial charge on any atom is -0.300 e. The Hall–Kier alpha value is -4.44. The molecule has 0 saturated carbocycles. The number of anilines is 1. The van der Waals surface area contributed by atoms with E-state index in [0.29, 0.717) is 12.0 Å². The number of nitrogens with zero attached hydrogens (tertiary/aromatic N) is 4. The van der Waals surface area contributed by atoms with Crippen LogP contribution in [0.5, 0.6) is 0 Å². The molecule has 1 heterocycles. The second-order valence-corrected chi connectivity index (χ2v) is 7.68. The van der Waals surface area contributed by atoms with Crippen molar-refractivity contribution in [2.45, 2.75) is 6.54 Å². The van der Waals surface area contributed by atoms with Gasteiger partial charge in [0, 0.05) is 11.8 Å². The fraction of sp³-hybridized carbons (Fsp3) is 0.0345. The Morgan fingerprint density at radius 2 is 1.24 bits per heavy atom. The number of rotatable bonds is 6. The maximum atomic E-state index is 4.95. The minimum absolute atomic E-state index is 0.654. The van der Waals surface area contributed by atoms with E-state index in [2.05, 4.69) is 65.2 Å². The lowest BCUT2D eigenvalue weighted by Gasteiger charge is -2.19. The molecule has 0 amide bonds. The van der Waals surface area contributed by atoms with Crippen molar-refractivity contribution in [3.8, 4) is 16.9 Å². The first-order valence-electron chi connectivity index (χ1n) is 11.0. The lowest BCUT2D eigenvalue weighted by molar-refractivity contribution is 0.805. The third-order valence-corrected chi connectivity index (χ3v) is 5.39. The van der Waals surface area contributed by atoms with Gasteiger partial charge in [0.05, 0.1) is 17.9 Å². The zero-order valence-electron chi connectivity index (χ0n) is 18.2. The van der Waals surface area contributed by atoms with Crippen LogP contribution in [0.1, 0.15) is 5.56 Å². The van der Waals surface area contributed by atoms with E-state index in [1.54, 1.807) is 0 Å². The maximum Gasteiger partial charge on any atom is 0.175 e. The van der Waals surface area contributed by atoms with Gasteiger partial charge in [0.1, 0.15) is 6.33 Å². The minimum atomic E-state index is 0.654. The first-order chi connectivity index (χ1) is 16.4. The van der Waals surface area contributed by atoms with Gasteiger partial charge in [-0.2, -0.15) is 5.10 Å². The van der Waals surface area contributed by atoms with E-state index in [9.17, 15) is 0 Å². The fourth-order valence-electron chi connectivity index (χ4n) is 3.75. The summed E-state index contributed by atoms with van der Waals surface area (Å²) in [4.78, 5) is 4.70. The van der Waals surface area contributed by atoms with E-state index < -0.39 is 0 Å². The van der Waals surface area contributed by atoms with Crippen molar-refractivity contribution >= 4 is 5.69 Å². The van der Waals surface area contributed by atoms with Crippen LogP contribution in [-0.2, 0) is 6.54 Å². The van der Waals surface area contributed by atoms with Crippen LogP contribution in [0.2, 0.25) is 0 Å². The Labute approximate surface area is 193 Å². The summed E-state index contributed by atoms with van der Waals surface area (Å²) in [5.41, 5.74) is 6.05. The molecular formula is C29H24N4. The molecule has 4 nitrogen and oxygen atoms in total. The molecule has 0 aliphatic heterocycles. The van der Waals surface area contributed by atoms with Crippen molar-refractivity contribution in [2.75, 3.05) is 5.01 Å². The molecule has 0 bridgehead atoms. The highest BCUT2D eigenvalue weighted by molar-refractivity contribution is 5.61. The van der Waals surface area contributed by atoms with Crippen LogP contribution in [-0.4, -0.2) is 9.55 Å². The molecular weight excluding hydrogens is 404 g/mol. The molecule has 0 radical (unpaired) electrons. The molecule has 5 rings (SSSR count). The van der Waals surface area contributed by atoms with Crippen LogP contribution in [0.4, 0.5) is 5.69 Å². The van der Waals surface area contributed by atoms with E-state index in [1.165, 1.54) is 5.56 Å². The van der Waals surface area contributed by atoms with Crippen molar-refractivity contribution in [3.63, 3.8) is 0 Å². The summed E-state index contributed by atoms with van der Waals surface area (Å²) in [5.74, 6) is 0.